The van der Waals surface area contributed by atoms with Gasteiger partial charge < -0.3 is 10.8 Å². The van der Waals surface area contributed by atoms with Crippen LogP contribution in [-0.2, 0) is 9.84 Å². The van der Waals surface area contributed by atoms with Crippen molar-refractivity contribution in [3.05, 3.63) is 28.7 Å². The van der Waals surface area contributed by atoms with E-state index >= 15 is 0 Å². The van der Waals surface area contributed by atoms with Crippen molar-refractivity contribution in [3.63, 3.8) is 0 Å². The number of hydrogen-bond donors (Lipinski definition) is 2. The number of phenols is 1. The molecule has 3 N–H and O–H groups in total. The van der Waals surface area contributed by atoms with E-state index in [2.05, 4.69) is 0 Å². The smallest absolute Gasteiger partial charge is 0.203 e. The molecular weight excluding hydrogens is 226 g/mol. The van der Waals surface area contributed by atoms with Crippen LogP contribution in [0.5, 0.6) is 5.75 Å². The highest BCUT2D eigenvalue weighted by molar-refractivity contribution is 7.95. The summed E-state index contributed by atoms with van der Waals surface area (Å²) in [6.45, 7) is 0.467. The molecule has 1 aromatic rings. The fraction of sp³-hybridized carbons (Fsp3) is 0.273. The molecule has 0 radical (unpaired) electrons. The number of rotatable bonds is 3. The highest BCUT2D eigenvalue weighted by Crippen LogP contribution is 2.36. The van der Waals surface area contributed by atoms with Crippen molar-refractivity contribution in [2.24, 2.45) is 5.73 Å². The Balaban J connectivity index is 2.44. The van der Waals surface area contributed by atoms with Gasteiger partial charge in [-0.15, -0.1) is 0 Å². The Labute approximate surface area is 94.3 Å². The van der Waals surface area contributed by atoms with Gasteiger partial charge in [0.2, 0.25) is 9.84 Å². The molecule has 0 unspecified atom stereocenters. The molecule has 1 aliphatic rings. The molecule has 0 fully saturated rings. The molecule has 0 aromatic heterocycles. The molecule has 0 aliphatic carbocycles. The van der Waals surface area contributed by atoms with Crippen LogP contribution in [0.2, 0.25) is 0 Å². The SMILES string of the molecule is NCCCC1=Cc2cc(O)ccc2S1(=O)=O. The van der Waals surface area contributed by atoms with Crippen LogP contribution in [0.25, 0.3) is 6.08 Å². The number of allylic oxidation sites excluding steroid dienone is 1. The normalized spacial score (nSPS) is 16.9. The average molecular weight is 239 g/mol. The maximum absolute atomic E-state index is 12.0. The lowest BCUT2D eigenvalue weighted by atomic mass is 10.2. The topological polar surface area (TPSA) is 80.4 Å². The minimum Gasteiger partial charge on any atom is -0.508 e. The molecule has 0 amide bonds. The number of hydrogen-bond acceptors (Lipinski definition) is 4. The number of nitrogens with two attached hydrogens (primary N) is 1. The second kappa shape index (κ2) is 3.92. The lowest BCUT2D eigenvalue weighted by Crippen LogP contribution is -2.04. The van der Waals surface area contributed by atoms with E-state index in [-0.39, 0.29) is 10.6 Å². The highest BCUT2D eigenvalue weighted by Gasteiger charge is 2.28. The first-order chi connectivity index (χ1) is 7.55. The minimum absolute atomic E-state index is 0.0743. The highest BCUT2D eigenvalue weighted by atomic mass is 32.2. The van der Waals surface area contributed by atoms with Crippen molar-refractivity contribution in [2.45, 2.75) is 17.7 Å². The first-order valence-electron chi connectivity index (χ1n) is 5.04. The standard InChI is InChI=1S/C11H13NO3S/c12-5-1-2-10-7-8-6-9(13)3-4-11(8)16(10,14)15/h3-4,6-7,13H,1-2,5,12H2. The van der Waals surface area contributed by atoms with Gasteiger partial charge in [0.05, 0.1) is 4.90 Å². The Hall–Kier alpha value is -1.33. The monoisotopic (exact) mass is 239 g/mol. The third-order valence-electron chi connectivity index (χ3n) is 2.57. The molecule has 0 spiro atoms. The zero-order valence-corrected chi connectivity index (χ0v) is 9.50. The van der Waals surface area contributed by atoms with Gasteiger partial charge >= 0.3 is 0 Å². The predicted molar refractivity (Wildman–Crippen MR) is 61.6 cm³/mol. The van der Waals surface area contributed by atoms with Crippen molar-refractivity contribution in [3.8, 4) is 5.75 Å². The van der Waals surface area contributed by atoms with Crippen molar-refractivity contribution in [1.29, 1.82) is 0 Å². The summed E-state index contributed by atoms with van der Waals surface area (Å²) >= 11 is 0. The summed E-state index contributed by atoms with van der Waals surface area (Å²) < 4.78 is 24.0. The zero-order chi connectivity index (χ0) is 11.8. The van der Waals surface area contributed by atoms with E-state index in [9.17, 15) is 13.5 Å². The average Bonchev–Trinajstić information content (AvgIpc) is 2.47. The van der Waals surface area contributed by atoms with Crippen molar-refractivity contribution in [1.82, 2.24) is 0 Å². The van der Waals surface area contributed by atoms with Crippen LogP contribution < -0.4 is 5.73 Å². The van der Waals surface area contributed by atoms with Gasteiger partial charge in [-0.2, -0.15) is 0 Å². The summed E-state index contributed by atoms with van der Waals surface area (Å²) in [6, 6.07) is 4.28. The lowest BCUT2D eigenvalue weighted by molar-refractivity contribution is 0.474. The van der Waals surface area contributed by atoms with Gasteiger partial charge in [-0.25, -0.2) is 8.42 Å². The molecule has 16 heavy (non-hydrogen) atoms. The van der Waals surface area contributed by atoms with Crippen LogP contribution >= 0.6 is 0 Å². The quantitative estimate of drug-likeness (QED) is 0.832. The van der Waals surface area contributed by atoms with E-state index in [0.717, 1.165) is 0 Å². The van der Waals surface area contributed by atoms with Gasteiger partial charge in [0, 0.05) is 4.91 Å². The molecule has 0 atom stereocenters. The van der Waals surface area contributed by atoms with Crippen LogP contribution in [0.3, 0.4) is 0 Å². The van der Waals surface area contributed by atoms with E-state index in [4.69, 9.17) is 5.73 Å². The number of sulfone groups is 1. The molecule has 5 heteroatoms. The van der Waals surface area contributed by atoms with Gasteiger partial charge in [0.25, 0.3) is 0 Å². The first-order valence-corrected chi connectivity index (χ1v) is 6.53. The summed E-state index contributed by atoms with van der Waals surface area (Å²) in [5.41, 5.74) is 5.92. The van der Waals surface area contributed by atoms with Gasteiger partial charge in [-0.05, 0) is 49.2 Å². The summed E-state index contributed by atoms with van der Waals surface area (Å²) in [6.07, 6.45) is 2.71. The molecule has 4 nitrogen and oxygen atoms in total. The van der Waals surface area contributed by atoms with Gasteiger partial charge in [-0.1, -0.05) is 0 Å². The van der Waals surface area contributed by atoms with Gasteiger partial charge in [-0.3, -0.25) is 0 Å². The van der Waals surface area contributed by atoms with Gasteiger partial charge in [0.15, 0.2) is 0 Å². The number of phenolic OH excluding ortho intramolecular Hbond substituents is 1. The van der Waals surface area contributed by atoms with E-state index in [1.807, 2.05) is 0 Å². The lowest BCUT2D eigenvalue weighted by Gasteiger charge is -2.02. The molecule has 2 rings (SSSR count). The summed E-state index contributed by atoms with van der Waals surface area (Å²) in [5.74, 6) is 0.0743. The Morgan fingerprint density at radius 3 is 2.75 bits per heavy atom. The third-order valence-corrected chi connectivity index (χ3v) is 4.53. The first kappa shape index (κ1) is 11.2. The summed E-state index contributed by atoms with van der Waals surface area (Å²) in [4.78, 5) is 0.663. The van der Waals surface area contributed by atoms with Crippen LogP contribution in [0.1, 0.15) is 18.4 Å². The molecule has 0 saturated carbocycles. The Morgan fingerprint density at radius 1 is 1.31 bits per heavy atom. The molecule has 1 aliphatic heterocycles. The summed E-state index contributed by atoms with van der Waals surface area (Å²) in [7, 11) is -3.34. The van der Waals surface area contributed by atoms with Crippen molar-refractivity contribution >= 4 is 15.9 Å². The molecule has 86 valence electrons. The fourth-order valence-electron chi connectivity index (χ4n) is 1.77. The number of aromatic hydroxyl groups is 1. The Kier molecular flexibility index (Phi) is 2.73. The maximum Gasteiger partial charge on any atom is 0.203 e. The van der Waals surface area contributed by atoms with Crippen LogP contribution in [0.15, 0.2) is 28.0 Å². The van der Waals surface area contributed by atoms with Crippen LogP contribution in [0.4, 0.5) is 0 Å². The summed E-state index contributed by atoms with van der Waals surface area (Å²) in [5, 5.41) is 9.28. The van der Waals surface area contributed by atoms with Crippen LogP contribution in [0, 0.1) is 0 Å². The third kappa shape index (κ3) is 1.72. The van der Waals surface area contributed by atoms with Crippen molar-refractivity contribution in [2.75, 3.05) is 6.54 Å². The van der Waals surface area contributed by atoms with E-state index < -0.39 is 9.84 Å². The van der Waals surface area contributed by atoms with E-state index in [1.54, 1.807) is 6.08 Å². The van der Waals surface area contributed by atoms with Crippen LogP contribution in [-0.4, -0.2) is 20.1 Å². The van der Waals surface area contributed by atoms with Gasteiger partial charge in [0.1, 0.15) is 5.75 Å². The van der Waals surface area contributed by atoms with E-state index in [0.29, 0.717) is 29.9 Å². The molecular formula is C11H13NO3S. The maximum atomic E-state index is 12.0. The number of fused-ring (bicyclic) bond motifs is 1. The Morgan fingerprint density at radius 2 is 2.06 bits per heavy atom. The fourth-order valence-corrected chi connectivity index (χ4v) is 3.42. The minimum atomic E-state index is -3.34. The molecule has 0 bridgehead atoms. The Bertz CT molecular complexity index is 546. The molecule has 1 heterocycles. The second-order valence-electron chi connectivity index (χ2n) is 3.73. The predicted octanol–water partition coefficient (Wildman–Crippen LogP) is 1.26. The second-order valence-corrected chi connectivity index (χ2v) is 5.70. The zero-order valence-electron chi connectivity index (χ0n) is 8.68. The largest absolute Gasteiger partial charge is 0.508 e. The molecule has 0 saturated heterocycles. The van der Waals surface area contributed by atoms with Crippen molar-refractivity contribution < 1.29 is 13.5 Å². The number of benzene rings is 1. The molecule has 1 aromatic carbocycles. The van der Waals surface area contributed by atoms with E-state index in [1.165, 1.54) is 18.2 Å².